The summed E-state index contributed by atoms with van der Waals surface area (Å²) in [6.45, 7) is 2.95. The molecule has 0 fully saturated rings. The third-order valence-electron chi connectivity index (χ3n) is 3.87. The molecule has 1 N–H and O–H groups in total. The monoisotopic (exact) mass is 343 g/mol. The van der Waals surface area contributed by atoms with E-state index in [0.717, 1.165) is 17.1 Å². The summed E-state index contributed by atoms with van der Waals surface area (Å²) in [7, 11) is 1.60. The van der Waals surface area contributed by atoms with Crippen LogP contribution in [0, 0.1) is 0 Å². The zero-order valence-corrected chi connectivity index (χ0v) is 14.3. The summed E-state index contributed by atoms with van der Waals surface area (Å²) in [4.78, 5) is 12.1. The predicted molar refractivity (Wildman–Crippen MR) is 92.5 cm³/mol. The van der Waals surface area contributed by atoms with Gasteiger partial charge in [0.2, 0.25) is 0 Å². The largest absolute Gasteiger partial charge is 0.497 e. The summed E-state index contributed by atoms with van der Waals surface area (Å²) in [5, 5.41) is 2.91. The van der Waals surface area contributed by atoms with E-state index in [2.05, 4.69) is 5.32 Å². The number of nitrogens with one attached hydrogen (secondary N) is 1. The summed E-state index contributed by atoms with van der Waals surface area (Å²) >= 11 is 0. The Kier molecular flexibility index (Phi) is 5.28. The average Bonchev–Trinajstić information content (AvgIpc) is 2.66. The van der Waals surface area contributed by atoms with Gasteiger partial charge in [-0.1, -0.05) is 6.07 Å². The van der Waals surface area contributed by atoms with Crippen molar-refractivity contribution in [2.45, 2.75) is 13.0 Å². The van der Waals surface area contributed by atoms with Gasteiger partial charge in [0, 0.05) is 0 Å². The Balaban J connectivity index is 1.53. The molecule has 2 aromatic rings. The van der Waals surface area contributed by atoms with Crippen molar-refractivity contribution in [3.8, 4) is 23.0 Å². The topological polar surface area (TPSA) is 66.0 Å². The molecule has 0 unspecified atom stereocenters. The van der Waals surface area contributed by atoms with Crippen molar-refractivity contribution >= 4 is 5.91 Å². The minimum Gasteiger partial charge on any atom is -0.497 e. The zero-order valence-electron chi connectivity index (χ0n) is 14.3. The van der Waals surface area contributed by atoms with Crippen LogP contribution in [0.4, 0.5) is 0 Å². The lowest BCUT2D eigenvalue weighted by molar-refractivity contribution is -0.123. The van der Waals surface area contributed by atoms with Crippen molar-refractivity contribution in [1.82, 2.24) is 5.32 Å². The Bertz CT molecular complexity index is 729. The van der Waals surface area contributed by atoms with Gasteiger partial charge in [0.15, 0.2) is 18.1 Å². The number of ether oxygens (including phenoxy) is 4. The maximum Gasteiger partial charge on any atom is 0.258 e. The van der Waals surface area contributed by atoms with Crippen molar-refractivity contribution in [2.75, 3.05) is 26.9 Å². The second-order valence-corrected chi connectivity index (χ2v) is 5.66. The molecule has 25 heavy (non-hydrogen) atoms. The minimum absolute atomic E-state index is 0.0543. The van der Waals surface area contributed by atoms with Crippen LogP contribution in [0.3, 0.4) is 0 Å². The van der Waals surface area contributed by atoms with Crippen molar-refractivity contribution in [3.63, 3.8) is 0 Å². The number of carbonyl (C=O) groups excluding carboxylic acids is 1. The molecule has 3 rings (SSSR count). The van der Waals surface area contributed by atoms with Crippen LogP contribution in [-0.4, -0.2) is 32.8 Å². The molecule has 1 amide bonds. The molecule has 1 aliphatic rings. The van der Waals surface area contributed by atoms with E-state index in [1.807, 2.05) is 25.1 Å². The van der Waals surface area contributed by atoms with E-state index in [9.17, 15) is 4.79 Å². The number of amides is 1. The summed E-state index contributed by atoms with van der Waals surface area (Å²) in [6, 6.07) is 12.6. The maximum absolute atomic E-state index is 12.1. The average molecular weight is 343 g/mol. The van der Waals surface area contributed by atoms with Gasteiger partial charge in [-0.05, 0) is 48.9 Å². The molecule has 1 aliphatic heterocycles. The third kappa shape index (κ3) is 4.35. The molecule has 6 nitrogen and oxygen atoms in total. The van der Waals surface area contributed by atoms with Crippen molar-refractivity contribution < 1.29 is 23.7 Å². The minimum atomic E-state index is -0.196. The third-order valence-corrected chi connectivity index (χ3v) is 3.87. The number of hydrogen-bond donors (Lipinski definition) is 1. The molecule has 1 atom stereocenters. The van der Waals surface area contributed by atoms with Gasteiger partial charge in [-0.25, -0.2) is 0 Å². The van der Waals surface area contributed by atoms with Crippen LogP contribution in [0.15, 0.2) is 42.5 Å². The van der Waals surface area contributed by atoms with Gasteiger partial charge in [0.1, 0.15) is 24.7 Å². The lowest BCUT2D eigenvalue weighted by atomic mass is 10.1. The van der Waals surface area contributed by atoms with E-state index in [4.69, 9.17) is 18.9 Å². The van der Waals surface area contributed by atoms with Crippen LogP contribution in [0.5, 0.6) is 23.0 Å². The normalized spacial score (nSPS) is 13.7. The quantitative estimate of drug-likeness (QED) is 0.874. The van der Waals surface area contributed by atoms with Crippen LogP contribution in [0.25, 0.3) is 0 Å². The van der Waals surface area contributed by atoms with Crippen molar-refractivity contribution in [3.05, 3.63) is 48.0 Å². The van der Waals surface area contributed by atoms with E-state index in [-0.39, 0.29) is 18.6 Å². The fourth-order valence-electron chi connectivity index (χ4n) is 2.52. The molecule has 0 radical (unpaired) electrons. The summed E-state index contributed by atoms with van der Waals surface area (Å²) in [5.74, 6) is 2.60. The van der Waals surface area contributed by atoms with Crippen molar-refractivity contribution in [1.29, 1.82) is 0 Å². The summed E-state index contributed by atoms with van der Waals surface area (Å²) < 4.78 is 21.6. The fourth-order valence-corrected chi connectivity index (χ4v) is 2.52. The standard InChI is InChI=1S/C19H21NO5/c1-13(14-3-8-17-18(11-14)24-10-9-23-17)20-19(21)12-25-16-6-4-15(22-2)5-7-16/h3-8,11,13H,9-10,12H2,1-2H3,(H,20,21)/t13-/m1/s1. The highest BCUT2D eigenvalue weighted by Crippen LogP contribution is 2.32. The first-order valence-corrected chi connectivity index (χ1v) is 8.11. The Labute approximate surface area is 146 Å². The van der Waals surface area contributed by atoms with Gasteiger partial charge >= 0.3 is 0 Å². The molecule has 0 aromatic heterocycles. The lowest BCUT2D eigenvalue weighted by Gasteiger charge is -2.21. The molecule has 0 bridgehead atoms. The number of hydrogen-bond acceptors (Lipinski definition) is 5. The van der Waals surface area contributed by atoms with Gasteiger partial charge in [0.25, 0.3) is 5.91 Å². The Morgan fingerprint density at radius 2 is 1.76 bits per heavy atom. The highest BCUT2D eigenvalue weighted by atomic mass is 16.6. The molecule has 6 heteroatoms. The van der Waals surface area contributed by atoms with Gasteiger partial charge in [-0.15, -0.1) is 0 Å². The molecule has 2 aromatic carbocycles. The molecule has 0 spiro atoms. The zero-order chi connectivity index (χ0) is 17.6. The highest BCUT2D eigenvalue weighted by molar-refractivity contribution is 5.78. The highest BCUT2D eigenvalue weighted by Gasteiger charge is 2.16. The molecular weight excluding hydrogens is 322 g/mol. The maximum atomic E-state index is 12.1. The van der Waals surface area contributed by atoms with E-state index in [1.54, 1.807) is 31.4 Å². The summed E-state index contributed by atoms with van der Waals surface area (Å²) in [6.07, 6.45) is 0. The first-order valence-electron chi connectivity index (χ1n) is 8.11. The first kappa shape index (κ1) is 17.0. The number of rotatable bonds is 6. The second-order valence-electron chi connectivity index (χ2n) is 5.66. The van der Waals surface area contributed by atoms with E-state index in [0.29, 0.717) is 24.7 Å². The fraction of sp³-hybridized carbons (Fsp3) is 0.316. The molecule has 0 aliphatic carbocycles. The Morgan fingerprint density at radius 3 is 2.48 bits per heavy atom. The van der Waals surface area contributed by atoms with Crippen LogP contribution >= 0.6 is 0 Å². The number of benzene rings is 2. The molecule has 0 saturated carbocycles. The molecule has 132 valence electrons. The molecule has 0 saturated heterocycles. The first-order chi connectivity index (χ1) is 12.2. The SMILES string of the molecule is COc1ccc(OCC(=O)N[C@H](C)c2ccc3c(c2)OCCO3)cc1. The van der Waals surface area contributed by atoms with E-state index < -0.39 is 0 Å². The second kappa shape index (κ2) is 7.79. The number of fused-ring (bicyclic) bond motifs is 1. The van der Waals surface area contributed by atoms with Gasteiger partial charge in [0.05, 0.1) is 13.2 Å². The molecule has 1 heterocycles. The molecular formula is C19H21NO5. The number of carbonyl (C=O) groups is 1. The van der Waals surface area contributed by atoms with E-state index in [1.165, 1.54) is 0 Å². The smallest absolute Gasteiger partial charge is 0.258 e. The Hall–Kier alpha value is -2.89. The van der Waals surface area contributed by atoms with Gasteiger partial charge in [-0.2, -0.15) is 0 Å². The van der Waals surface area contributed by atoms with Crippen LogP contribution < -0.4 is 24.3 Å². The van der Waals surface area contributed by atoms with Crippen LogP contribution in [-0.2, 0) is 4.79 Å². The van der Waals surface area contributed by atoms with Crippen molar-refractivity contribution in [2.24, 2.45) is 0 Å². The van der Waals surface area contributed by atoms with Crippen LogP contribution in [0.2, 0.25) is 0 Å². The Morgan fingerprint density at radius 1 is 1.08 bits per heavy atom. The van der Waals surface area contributed by atoms with Gasteiger partial charge < -0.3 is 24.3 Å². The lowest BCUT2D eigenvalue weighted by Crippen LogP contribution is -2.31. The summed E-state index contributed by atoms with van der Waals surface area (Å²) in [5.41, 5.74) is 0.946. The predicted octanol–water partition coefficient (Wildman–Crippen LogP) is 2.72. The number of methoxy groups -OCH3 is 1. The van der Waals surface area contributed by atoms with Crippen LogP contribution in [0.1, 0.15) is 18.5 Å². The van der Waals surface area contributed by atoms with Gasteiger partial charge in [-0.3, -0.25) is 4.79 Å². The van der Waals surface area contributed by atoms with E-state index >= 15 is 0 Å².